The summed E-state index contributed by atoms with van der Waals surface area (Å²) < 4.78 is 10.3. The zero-order chi connectivity index (χ0) is 14.2. The first-order chi connectivity index (χ1) is 8.86. The Morgan fingerprint density at radius 1 is 1.47 bits per heavy atom. The van der Waals surface area contributed by atoms with Gasteiger partial charge in [-0.15, -0.1) is 0 Å². The number of ether oxygens (including phenoxy) is 2. The largest absolute Gasteiger partial charge is 0.482 e. The number of hydrogen-bond donors (Lipinski definition) is 1. The monoisotopic (exact) mass is 266 g/mol. The molecule has 0 aromatic carbocycles. The number of rotatable bonds is 3. The topological polar surface area (TPSA) is 89.9 Å². The van der Waals surface area contributed by atoms with Crippen molar-refractivity contribution >= 4 is 17.7 Å². The van der Waals surface area contributed by atoms with Crippen molar-refractivity contribution in [2.24, 2.45) is 0 Å². The predicted octanol–water partition coefficient (Wildman–Crippen LogP) is 0.965. The Bertz CT molecular complexity index is 515. The number of cyclic esters (lactones) is 1. The molecule has 2 aliphatic rings. The van der Waals surface area contributed by atoms with Gasteiger partial charge in [-0.05, 0) is 25.5 Å². The van der Waals surface area contributed by atoms with E-state index in [-0.39, 0.29) is 11.3 Å². The van der Waals surface area contributed by atoms with Crippen molar-refractivity contribution in [2.75, 3.05) is 0 Å². The zero-order valence-corrected chi connectivity index (χ0v) is 10.6. The van der Waals surface area contributed by atoms with Gasteiger partial charge in [-0.25, -0.2) is 4.79 Å². The lowest BCUT2D eigenvalue weighted by Gasteiger charge is -2.20. The van der Waals surface area contributed by atoms with Crippen LogP contribution in [0.5, 0.6) is 0 Å². The van der Waals surface area contributed by atoms with E-state index < -0.39 is 35.8 Å². The fourth-order valence-electron chi connectivity index (χ4n) is 1.91. The van der Waals surface area contributed by atoms with Crippen LogP contribution in [-0.4, -0.2) is 34.5 Å². The normalized spacial score (nSPS) is 33.5. The second kappa shape index (κ2) is 4.53. The molecule has 0 bridgehead atoms. The van der Waals surface area contributed by atoms with Crippen LogP contribution >= 0.6 is 0 Å². The minimum atomic E-state index is -1.25. The lowest BCUT2D eigenvalue weighted by molar-refractivity contribution is -0.147. The lowest BCUT2D eigenvalue weighted by atomic mass is 10.0. The summed E-state index contributed by atoms with van der Waals surface area (Å²) in [5.74, 6) is -2.49. The molecule has 0 spiro atoms. The molecule has 6 nitrogen and oxygen atoms in total. The molecule has 102 valence electrons. The SMILES string of the molecule is CC[C@]1(C)C=C/C(=C2/C(=O)O[C@@H](CC(=O)O)C2=O)O1. The van der Waals surface area contributed by atoms with Crippen LogP contribution in [0.3, 0.4) is 0 Å². The van der Waals surface area contributed by atoms with Gasteiger partial charge in [-0.1, -0.05) is 6.92 Å². The molecule has 0 radical (unpaired) electrons. The minimum absolute atomic E-state index is 0.159. The summed E-state index contributed by atoms with van der Waals surface area (Å²) in [6.07, 6.45) is 2.22. The molecule has 1 saturated heterocycles. The van der Waals surface area contributed by atoms with Gasteiger partial charge in [0, 0.05) is 0 Å². The number of carbonyl (C=O) groups is 3. The maximum absolute atomic E-state index is 12.0. The Morgan fingerprint density at radius 3 is 2.68 bits per heavy atom. The fourth-order valence-corrected chi connectivity index (χ4v) is 1.91. The fraction of sp³-hybridized carbons (Fsp3) is 0.462. The number of carboxylic acid groups (broad SMARTS) is 1. The molecule has 2 rings (SSSR count). The number of aliphatic carboxylic acids is 1. The van der Waals surface area contributed by atoms with E-state index in [1.54, 1.807) is 12.2 Å². The third-order valence-electron chi connectivity index (χ3n) is 3.23. The quantitative estimate of drug-likeness (QED) is 0.465. The highest BCUT2D eigenvalue weighted by atomic mass is 16.6. The van der Waals surface area contributed by atoms with Gasteiger partial charge in [0.05, 0.1) is 6.42 Å². The summed E-state index contributed by atoms with van der Waals surface area (Å²) in [7, 11) is 0. The van der Waals surface area contributed by atoms with Crippen LogP contribution in [0.1, 0.15) is 26.7 Å². The molecule has 2 atom stereocenters. The summed E-state index contributed by atoms with van der Waals surface area (Å²) >= 11 is 0. The first-order valence-electron chi connectivity index (χ1n) is 5.96. The Morgan fingerprint density at radius 2 is 2.16 bits per heavy atom. The van der Waals surface area contributed by atoms with Crippen LogP contribution in [0, 0.1) is 0 Å². The minimum Gasteiger partial charge on any atom is -0.482 e. The molecule has 1 N–H and O–H groups in total. The highest BCUT2D eigenvalue weighted by Crippen LogP contribution is 2.33. The summed E-state index contributed by atoms with van der Waals surface area (Å²) in [6.45, 7) is 3.75. The van der Waals surface area contributed by atoms with Gasteiger partial charge in [0.1, 0.15) is 16.9 Å². The van der Waals surface area contributed by atoms with Crippen molar-refractivity contribution in [3.8, 4) is 0 Å². The van der Waals surface area contributed by atoms with E-state index in [1.807, 2.05) is 13.8 Å². The molecule has 0 unspecified atom stereocenters. The third kappa shape index (κ3) is 2.38. The Hall–Kier alpha value is -2.11. The highest BCUT2D eigenvalue weighted by molar-refractivity contribution is 6.24. The summed E-state index contributed by atoms with van der Waals surface area (Å²) in [5.41, 5.74) is -0.743. The molecule has 0 aromatic rings. The van der Waals surface area contributed by atoms with Gasteiger partial charge in [-0.3, -0.25) is 9.59 Å². The van der Waals surface area contributed by atoms with E-state index in [9.17, 15) is 14.4 Å². The van der Waals surface area contributed by atoms with Crippen LogP contribution in [0.25, 0.3) is 0 Å². The van der Waals surface area contributed by atoms with Gasteiger partial charge < -0.3 is 14.6 Å². The van der Waals surface area contributed by atoms with Crippen LogP contribution in [-0.2, 0) is 23.9 Å². The zero-order valence-electron chi connectivity index (χ0n) is 10.6. The third-order valence-corrected chi connectivity index (χ3v) is 3.23. The molecule has 0 aliphatic carbocycles. The molecule has 19 heavy (non-hydrogen) atoms. The van der Waals surface area contributed by atoms with Crippen LogP contribution < -0.4 is 0 Å². The molecule has 0 saturated carbocycles. The molecule has 0 amide bonds. The molecule has 1 fully saturated rings. The van der Waals surface area contributed by atoms with Crippen molar-refractivity contribution in [3.05, 3.63) is 23.5 Å². The highest BCUT2D eigenvalue weighted by Gasteiger charge is 2.44. The van der Waals surface area contributed by atoms with E-state index in [4.69, 9.17) is 14.6 Å². The van der Waals surface area contributed by atoms with Gasteiger partial charge in [-0.2, -0.15) is 0 Å². The van der Waals surface area contributed by atoms with Gasteiger partial charge >= 0.3 is 11.9 Å². The smallest absolute Gasteiger partial charge is 0.346 e. The first kappa shape index (κ1) is 13.3. The van der Waals surface area contributed by atoms with E-state index in [2.05, 4.69) is 0 Å². The number of hydrogen-bond acceptors (Lipinski definition) is 5. The van der Waals surface area contributed by atoms with Crippen molar-refractivity contribution in [3.63, 3.8) is 0 Å². The van der Waals surface area contributed by atoms with Crippen molar-refractivity contribution in [2.45, 2.75) is 38.4 Å². The second-order valence-electron chi connectivity index (χ2n) is 4.70. The standard InChI is InChI=1S/C13H14O6/c1-3-13(2)5-4-7(19-13)10-11(16)8(6-9(14)15)18-12(10)17/h4-5,8H,3,6H2,1-2H3,(H,14,15)/b10-7-/t8-,13+/m0/s1. The molecule has 6 heteroatoms. The number of ketones is 1. The Balaban J connectivity index is 2.27. The van der Waals surface area contributed by atoms with E-state index in [0.29, 0.717) is 6.42 Å². The number of esters is 1. The van der Waals surface area contributed by atoms with E-state index in [0.717, 1.165) is 0 Å². The maximum Gasteiger partial charge on any atom is 0.346 e. The maximum atomic E-state index is 12.0. The van der Waals surface area contributed by atoms with E-state index in [1.165, 1.54) is 0 Å². The van der Waals surface area contributed by atoms with Crippen molar-refractivity contribution < 1.29 is 29.0 Å². The summed E-state index contributed by atoms with van der Waals surface area (Å²) in [6, 6.07) is 0. The van der Waals surface area contributed by atoms with Crippen LogP contribution in [0.2, 0.25) is 0 Å². The molecular formula is C13H14O6. The Kier molecular flexibility index (Phi) is 3.18. The molecule has 0 aromatic heterocycles. The van der Waals surface area contributed by atoms with Crippen LogP contribution in [0.15, 0.2) is 23.5 Å². The number of Topliss-reactive ketones (excluding diaryl/α,β-unsaturated/α-hetero) is 1. The predicted molar refractivity (Wildman–Crippen MR) is 63.1 cm³/mol. The molecule has 2 aliphatic heterocycles. The average molecular weight is 266 g/mol. The number of carboxylic acids is 1. The van der Waals surface area contributed by atoms with Gasteiger partial charge in [0.2, 0.25) is 5.78 Å². The van der Waals surface area contributed by atoms with E-state index >= 15 is 0 Å². The first-order valence-corrected chi connectivity index (χ1v) is 5.96. The number of allylic oxidation sites excluding steroid dienone is 1. The Labute approximate surface area is 109 Å². The molecule has 2 heterocycles. The van der Waals surface area contributed by atoms with Crippen molar-refractivity contribution in [1.82, 2.24) is 0 Å². The van der Waals surface area contributed by atoms with Crippen LogP contribution in [0.4, 0.5) is 0 Å². The van der Waals surface area contributed by atoms with Gasteiger partial charge in [0.25, 0.3) is 0 Å². The summed E-state index contributed by atoms with van der Waals surface area (Å²) in [5, 5.41) is 8.65. The number of carbonyl (C=O) groups excluding carboxylic acids is 2. The average Bonchev–Trinajstić information content (AvgIpc) is 2.82. The summed E-state index contributed by atoms with van der Waals surface area (Å²) in [4.78, 5) is 34.2. The molecular weight excluding hydrogens is 252 g/mol. The lowest BCUT2D eigenvalue weighted by Crippen LogP contribution is -2.22. The second-order valence-corrected chi connectivity index (χ2v) is 4.70. The van der Waals surface area contributed by atoms with Gasteiger partial charge in [0.15, 0.2) is 6.10 Å². The van der Waals surface area contributed by atoms with Crippen molar-refractivity contribution in [1.29, 1.82) is 0 Å².